The lowest BCUT2D eigenvalue weighted by Crippen LogP contribution is -2.18. The molecule has 0 fully saturated rings. The van der Waals surface area contributed by atoms with Gasteiger partial charge in [0.2, 0.25) is 0 Å². The van der Waals surface area contributed by atoms with Gasteiger partial charge in [-0.3, -0.25) is 9.59 Å². The van der Waals surface area contributed by atoms with Crippen molar-refractivity contribution in [1.29, 1.82) is 0 Å². The van der Waals surface area contributed by atoms with Crippen LogP contribution in [0, 0.1) is 0 Å². The van der Waals surface area contributed by atoms with Crippen LogP contribution in [0.2, 0.25) is 0 Å². The van der Waals surface area contributed by atoms with Crippen molar-refractivity contribution < 1.29 is 19.4 Å². The summed E-state index contributed by atoms with van der Waals surface area (Å²) in [6.07, 6.45) is 46.7. The highest BCUT2D eigenvalue weighted by Crippen LogP contribution is 2.19. The van der Waals surface area contributed by atoms with E-state index < -0.39 is 5.97 Å². The zero-order valence-corrected chi connectivity index (χ0v) is 31.2. The van der Waals surface area contributed by atoms with Gasteiger partial charge in [-0.25, -0.2) is 0 Å². The molecule has 0 amide bonds. The van der Waals surface area contributed by atoms with Crippen molar-refractivity contribution in [3.63, 3.8) is 0 Å². The number of rotatable bonds is 38. The Balaban J connectivity index is 3.98. The Morgan fingerprint density at radius 1 is 0.457 bits per heavy atom. The van der Waals surface area contributed by atoms with Crippen LogP contribution >= 0.6 is 0 Å². The molecule has 0 bridgehead atoms. The quantitative estimate of drug-likeness (QED) is 0.0411. The van der Waals surface area contributed by atoms with Crippen molar-refractivity contribution in [1.82, 2.24) is 0 Å². The molecule has 4 heteroatoms. The van der Waals surface area contributed by atoms with Crippen LogP contribution in [0.25, 0.3) is 0 Å². The number of carboxylic acid groups (broad SMARTS) is 1. The van der Waals surface area contributed by atoms with Gasteiger partial charge in [-0.2, -0.15) is 0 Å². The Bertz CT molecular complexity index is 658. The van der Waals surface area contributed by atoms with E-state index in [1.165, 1.54) is 161 Å². The summed E-state index contributed by atoms with van der Waals surface area (Å²) in [5.41, 5.74) is 0. The average molecular weight is 649 g/mol. The van der Waals surface area contributed by atoms with Crippen molar-refractivity contribution in [2.24, 2.45) is 0 Å². The number of allylic oxidation sites excluding steroid dienone is 2. The van der Waals surface area contributed by atoms with Crippen molar-refractivity contribution >= 4 is 11.9 Å². The molecular weight excluding hydrogens is 568 g/mol. The number of esters is 1. The van der Waals surface area contributed by atoms with Gasteiger partial charge in [0, 0.05) is 12.8 Å². The minimum atomic E-state index is -0.685. The molecule has 0 saturated heterocycles. The van der Waals surface area contributed by atoms with Crippen molar-refractivity contribution in [3.8, 4) is 0 Å². The highest BCUT2D eigenvalue weighted by Gasteiger charge is 2.14. The average Bonchev–Trinajstić information content (AvgIpc) is 3.04. The first-order chi connectivity index (χ1) is 22.6. The van der Waals surface area contributed by atoms with E-state index in [1.807, 2.05) is 0 Å². The number of carbonyl (C=O) groups is 2. The molecule has 1 unspecified atom stereocenters. The first-order valence-corrected chi connectivity index (χ1v) is 20.7. The van der Waals surface area contributed by atoms with Gasteiger partial charge in [0.25, 0.3) is 0 Å². The number of ether oxygens (including phenoxy) is 1. The molecule has 46 heavy (non-hydrogen) atoms. The normalized spacial score (nSPS) is 12.2. The molecular formula is C42H80O4. The highest BCUT2D eigenvalue weighted by molar-refractivity contribution is 5.69. The maximum atomic E-state index is 12.7. The van der Waals surface area contributed by atoms with Crippen LogP contribution in [0.5, 0.6) is 0 Å². The fourth-order valence-corrected chi connectivity index (χ4v) is 6.42. The Labute approximate surface area is 287 Å². The van der Waals surface area contributed by atoms with E-state index in [1.54, 1.807) is 0 Å². The SMILES string of the molecule is CCCCCCCC/C=C\CCCCCCCCCC(=O)OC(CCCCCCCCCCC)CCCCCCCCCC(=O)O. The number of aliphatic carboxylic acids is 1. The summed E-state index contributed by atoms with van der Waals surface area (Å²) in [6.45, 7) is 4.55. The number of unbranched alkanes of at least 4 members (excludes halogenated alkanes) is 27. The van der Waals surface area contributed by atoms with E-state index in [0.29, 0.717) is 12.8 Å². The van der Waals surface area contributed by atoms with Crippen LogP contribution in [0.15, 0.2) is 12.2 Å². The van der Waals surface area contributed by atoms with Crippen LogP contribution < -0.4 is 0 Å². The minimum Gasteiger partial charge on any atom is -0.481 e. The molecule has 0 aliphatic heterocycles. The molecule has 0 aromatic carbocycles. The third kappa shape index (κ3) is 37.1. The summed E-state index contributed by atoms with van der Waals surface area (Å²) >= 11 is 0. The molecule has 0 radical (unpaired) electrons. The van der Waals surface area contributed by atoms with E-state index in [0.717, 1.165) is 51.4 Å². The minimum absolute atomic E-state index is 0.0205. The molecule has 0 aromatic rings. The summed E-state index contributed by atoms with van der Waals surface area (Å²) in [7, 11) is 0. The molecule has 0 aliphatic carbocycles. The molecule has 4 nitrogen and oxygen atoms in total. The molecule has 0 rings (SSSR count). The van der Waals surface area contributed by atoms with E-state index in [-0.39, 0.29) is 12.1 Å². The fraction of sp³-hybridized carbons (Fsp3) is 0.905. The van der Waals surface area contributed by atoms with Gasteiger partial charge < -0.3 is 9.84 Å². The summed E-state index contributed by atoms with van der Waals surface area (Å²) in [5.74, 6) is -0.664. The summed E-state index contributed by atoms with van der Waals surface area (Å²) in [5, 5.41) is 8.76. The van der Waals surface area contributed by atoms with Crippen LogP contribution in [-0.4, -0.2) is 23.1 Å². The number of carbonyl (C=O) groups excluding carboxylic acids is 1. The Hall–Kier alpha value is -1.32. The predicted molar refractivity (Wildman–Crippen MR) is 200 cm³/mol. The predicted octanol–water partition coefficient (Wildman–Crippen LogP) is 14.2. The number of hydrogen-bond donors (Lipinski definition) is 1. The zero-order chi connectivity index (χ0) is 33.6. The number of hydrogen-bond acceptors (Lipinski definition) is 3. The summed E-state index contributed by atoms with van der Waals surface area (Å²) in [6, 6.07) is 0. The lowest BCUT2D eigenvalue weighted by molar-refractivity contribution is -0.150. The van der Waals surface area contributed by atoms with Gasteiger partial charge in [0.05, 0.1) is 0 Å². The van der Waals surface area contributed by atoms with Gasteiger partial charge in [0.1, 0.15) is 6.10 Å². The van der Waals surface area contributed by atoms with Crippen LogP contribution in [0.4, 0.5) is 0 Å². The molecule has 0 heterocycles. The van der Waals surface area contributed by atoms with E-state index in [9.17, 15) is 9.59 Å². The molecule has 0 spiro atoms. The lowest BCUT2D eigenvalue weighted by Gasteiger charge is -2.18. The molecule has 272 valence electrons. The van der Waals surface area contributed by atoms with E-state index in [2.05, 4.69) is 26.0 Å². The van der Waals surface area contributed by atoms with Gasteiger partial charge in [-0.15, -0.1) is 0 Å². The topological polar surface area (TPSA) is 63.6 Å². The van der Waals surface area contributed by atoms with E-state index >= 15 is 0 Å². The van der Waals surface area contributed by atoms with Crippen molar-refractivity contribution in [3.05, 3.63) is 12.2 Å². The fourth-order valence-electron chi connectivity index (χ4n) is 6.42. The molecule has 1 atom stereocenters. The first-order valence-electron chi connectivity index (χ1n) is 20.7. The molecule has 0 aliphatic rings. The van der Waals surface area contributed by atoms with Gasteiger partial charge in [0.15, 0.2) is 0 Å². The van der Waals surface area contributed by atoms with Gasteiger partial charge in [-0.05, 0) is 64.2 Å². The van der Waals surface area contributed by atoms with Crippen LogP contribution in [-0.2, 0) is 14.3 Å². The largest absolute Gasteiger partial charge is 0.481 e. The van der Waals surface area contributed by atoms with Crippen LogP contribution in [0.3, 0.4) is 0 Å². The Morgan fingerprint density at radius 2 is 0.783 bits per heavy atom. The molecule has 1 N–H and O–H groups in total. The highest BCUT2D eigenvalue weighted by atomic mass is 16.5. The standard InChI is InChI=1S/C42H80O4/c1-3-5-7-9-11-13-14-15-16-17-18-19-20-22-27-31-35-39-42(45)46-40(36-32-28-24-21-12-10-8-6-4-2)37-33-29-25-23-26-30-34-38-41(43)44/h15-16,40H,3-14,17-39H2,1-2H3,(H,43,44)/b16-15-. The molecule has 0 saturated carbocycles. The second kappa shape index (κ2) is 38.1. The van der Waals surface area contributed by atoms with E-state index in [4.69, 9.17) is 9.84 Å². The van der Waals surface area contributed by atoms with Crippen LogP contribution in [0.1, 0.15) is 239 Å². The third-order valence-electron chi connectivity index (χ3n) is 9.49. The van der Waals surface area contributed by atoms with Crippen molar-refractivity contribution in [2.45, 2.75) is 245 Å². The maximum absolute atomic E-state index is 12.7. The second-order valence-corrected chi connectivity index (χ2v) is 14.2. The summed E-state index contributed by atoms with van der Waals surface area (Å²) in [4.78, 5) is 23.3. The van der Waals surface area contributed by atoms with Crippen molar-refractivity contribution in [2.75, 3.05) is 0 Å². The zero-order valence-electron chi connectivity index (χ0n) is 31.2. The lowest BCUT2D eigenvalue weighted by atomic mass is 10.0. The first kappa shape index (κ1) is 44.7. The smallest absolute Gasteiger partial charge is 0.306 e. The second-order valence-electron chi connectivity index (χ2n) is 14.2. The Morgan fingerprint density at radius 3 is 1.17 bits per heavy atom. The van der Waals surface area contributed by atoms with Gasteiger partial charge >= 0.3 is 11.9 Å². The summed E-state index contributed by atoms with van der Waals surface area (Å²) < 4.78 is 6.03. The Kier molecular flexibility index (Phi) is 37.0. The molecule has 0 aromatic heterocycles. The third-order valence-corrected chi connectivity index (χ3v) is 9.49. The van der Waals surface area contributed by atoms with Gasteiger partial charge in [-0.1, -0.05) is 174 Å². The maximum Gasteiger partial charge on any atom is 0.306 e. The number of carboxylic acids is 1. The monoisotopic (exact) mass is 649 g/mol.